The molecule has 0 aliphatic carbocycles. The minimum absolute atomic E-state index is 0.251. The summed E-state index contributed by atoms with van der Waals surface area (Å²) in [5.74, 6) is -0.656. The zero-order valence-electron chi connectivity index (χ0n) is 10.1. The van der Waals surface area contributed by atoms with Crippen LogP contribution in [0, 0.1) is 5.82 Å². The molecule has 0 unspecified atom stereocenters. The predicted molar refractivity (Wildman–Crippen MR) is 74.8 cm³/mol. The molecule has 0 radical (unpaired) electrons. The first-order valence-electron chi connectivity index (χ1n) is 5.53. The molecule has 1 N–H and O–H groups in total. The largest absolute Gasteiger partial charge is 0.482 e. The van der Waals surface area contributed by atoms with Crippen LogP contribution >= 0.6 is 23.2 Å². The summed E-state index contributed by atoms with van der Waals surface area (Å²) < 4.78 is 18.1. The van der Waals surface area contributed by atoms with E-state index in [1.165, 1.54) is 12.3 Å². The molecule has 104 valence electrons. The van der Waals surface area contributed by atoms with Crippen molar-refractivity contribution in [3.05, 3.63) is 52.5 Å². The van der Waals surface area contributed by atoms with Crippen LogP contribution in [0.1, 0.15) is 0 Å². The molecule has 7 heteroatoms. The molecule has 4 nitrogen and oxygen atoms in total. The van der Waals surface area contributed by atoms with Gasteiger partial charge in [-0.05, 0) is 18.2 Å². The van der Waals surface area contributed by atoms with Crippen LogP contribution in [0.25, 0.3) is 0 Å². The van der Waals surface area contributed by atoms with Gasteiger partial charge < -0.3 is 10.1 Å². The average molecular weight is 315 g/mol. The van der Waals surface area contributed by atoms with E-state index in [0.717, 1.165) is 12.3 Å². The number of benzene rings is 1. The third-order valence-corrected chi connectivity index (χ3v) is 2.77. The number of nitrogens with zero attached hydrogens (tertiary/aromatic N) is 1. The van der Waals surface area contributed by atoms with E-state index in [4.69, 9.17) is 27.9 Å². The zero-order chi connectivity index (χ0) is 14.5. The highest BCUT2D eigenvalue weighted by Gasteiger charge is 2.07. The third-order valence-electron chi connectivity index (χ3n) is 2.24. The fraction of sp³-hybridized carbons (Fsp3) is 0.0769. The minimum Gasteiger partial charge on any atom is -0.482 e. The molecule has 1 heterocycles. The number of carbonyl (C=O) groups excluding carboxylic acids is 1. The van der Waals surface area contributed by atoms with Gasteiger partial charge in [-0.2, -0.15) is 0 Å². The fourth-order valence-corrected chi connectivity index (χ4v) is 1.88. The lowest BCUT2D eigenvalue weighted by Crippen LogP contribution is -2.20. The molecule has 1 aromatic heterocycles. The molecule has 0 saturated heterocycles. The number of halogens is 3. The zero-order valence-corrected chi connectivity index (χ0v) is 11.6. The standard InChI is InChI=1S/C13H9Cl2FN2O2/c14-8-1-2-12(11(15)3-8)20-7-13(19)18-10-4-9(16)5-17-6-10/h1-6H,7H2,(H,18,19). The molecular formula is C13H9Cl2FN2O2. The Kier molecular flexibility index (Phi) is 4.76. The molecule has 0 bridgehead atoms. The van der Waals surface area contributed by atoms with Crippen LogP contribution in [0.3, 0.4) is 0 Å². The van der Waals surface area contributed by atoms with Gasteiger partial charge in [0, 0.05) is 11.1 Å². The van der Waals surface area contributed by atoms with E-state index in [-0.39, 0.29) is 12.3 Å². The molecule has 0 atom stereocenters. The van der Waals surface area contributed by atoms with Gasteiger partial charge in [0.2, 0.25) is 0 Å². The molecule has 0 spiro atoms. The monoisotopic (exact) mass is 314 g/mol. The maximum absolute atomic E-state index is 12.9. The van der Waals surface area contributed by atoms with E-state index in [2.05, 4.69) is 10.3 Å². The first-order chi connectivity index (χ1) is 9.54. The molecule has 1 aromatic carbocycles. The lowest BCUT2D eigenvalue weighted by Gasteiger charge is -2.08. The van der Waals surface area contributed by atoms with Crippen molar-refractivity contribution in [2.24, 2.45) is 0 Å². The van der Waals surface area contributed by atoms with Gasteiger partial charge in [-0.3, -0.25) is 9.78 Å². The summed E-state index contributed by atoms with van der Waals surface area (Å²) in [6.45, 7) is -0.266. The Bertz CT molecular complexity index is 638. The number of ether oxygens (including phenoxy) is 1. The first-order valence-corrected chi connectivity index (χ1v) is 6.28. The summed E-state index contributed by atoms with van der Waals surface area (Å²) in [6, 6.07) is 5.81. The molecule has 0 aliphatic heterocycles. The minimum atomic E-state index is -0.538. The molecule has 0 aliphatic rings. The number of aromatic nitrogens is 1. The van der Waals surface area contributed by atoms with Gasteiger partial charge in [-0.1, -0.05) is 23.2 Å². The molecule has 0 saturated carbocycles. The molecule has 20 heavy (non-hydrogen) atoms. The second kappa shape index (κ2) is 6.54. The quantitative estimate of drug-likeness (QED) is 0.939. The van der Waals surface area contributed by atoms with Gasteiger partial charge in [0.05, 0.1) is 23.1 Å². The van der Waals surface area contributed by atoms with E-state index in [1.807, 2.05) is 0 Å². The highest BCUT2D eigenvalue weighted by molar-refractivity contribution is 6.35. The summed E-state index contributed by atoms with van der Waals surface area (Å²) in [5.41, 5.74) is 0.251. The van der Waals surface area contributed by atoms with Gasteiger partial charge in [-0.25, -0.2) is 4.39 Å². The first kappa shape index (κ1) is 14.6. The van der Waals surface area contributed by atoms with Crippen LogP contribution in [0.4, 0.5) is 10.1 Å². The number of anilines is 1. The van der Waals surface area contributed by atoms with Crippen LogP contribution in [-0.4, -0.2) is 17.5 Å². The predicted octanol–water partition coefficient (Wildman–Crippen LogP) is 3.55. The van der Waals surface area contributed by atoms with Crippen LogP contribution in [-0.2, 0) is 4.79 Å². The van der Waals surface area contributed by atoms with E-state index in [1.54, 1.807) is 12.1 Å². The van der Waals surface area contributed by atoms with Crippen LogP contribution in [0.2, 0.25) is 10.0 Å². The van der Waals surface area contributed by atoms with Crippen molar-refractivity contribution >= 4 is 34.8 Å². The maximum atomic E-state index is 12.9. The molecule has 1 amide bonds. The number of rotatable bonds is 4. The Morgan fingerprint density at radius 1 is 1.30 bits per heavy atom. The topological polar surface area (TPSA) is 51.2 Å². The van der Waals surface area contributed by atoms with Gasteiger partial charge in [0.15, 0.2) is 6.61 Å². The smallest absolute Gasteiger partial charge is 0.262 e. The van der Waals surface area contributed by atoms with E-state index >= 15 is 0 Å². The molecule has 0 fully saturated rings. The summed E-state index contributed by atoms with van der Waals surface area (Å²) >= 11 is 11.6. The van der Waals surface area contributed by atoms with Crippen molar-refractivity contribution in [3.63, 3.8) is 0 Å². The van der Waals surface area contributed by atoms with Gasteiger partial charge in [0.25, 0.3) is 5.91 Å². The SMILES string of the molecule is O=C(COc1ccc(Cl)cc1Cl)Nc1cncc(F)c1. The number of carbonyl (C=O) groups is 1. The van der Waals surface area contributed by atoms with Crippen molar-refractivity contribution in [2.75, 3.05) is 11.9 Å². The van der Waals surface area contributed by atoms with Crippen molar-refractivity contribution in [1.29, 1.82) is 0 Å². The number of hydrogen-bond acceptors (Lipinski definition) is 3. The van der Waals surface area contributed by atoms with Crippen molar-refractivity contribution < 1.29 is 13.9 Å². The van der Waals surface area contributed by atoms with Gasteiger partial charge in [0.1, 0.15) is 11.6 Å². The number of nitrogens with one attached hydrogen (secondary N) is 1. The Balaban J connectivity index is 1.92. The maximum Gasteiger partial charge on any atom is 0.262 e. The summed E-state index contributed by atoms with van der Waals surface area (Å²) in [5, 5.41) is 3.22. The van der Waals surface area contributed by atoms with Gasteiger partial charge >= 0.3 is 0 Å². The summed E-state index contributed by atoms with van der Waals surface area (Å²) in [6.07, 6.45) is 2.37. The summed E-state index contributed by atoms with van der Waals surface area (Å²) in [4.78, 5) is 15.2. The van der Waals surface area contributed by atoms with E-state index < -0.39 is 11.7 Å². The Morgan fingerprint density at radius 2 is 2.10 bits per heavy atom. The highest BCUT2D eigenvalue weighted by atomic mass is 35.5. The number of amides is 1. The molecular weight excluding hydrogens is 306 g/mol. The van der Waals surface area contributed by atoms with Crippen molar-refractivity contribution in [1.82, 2.24) is 4.98 Å². The second-order valence-corrected chi connectivity index (χ2v) is 4.65. The van der Waals surface area contributed by atoms with Crippen LogP contribution in [0.15, 0.2) is 36.7 Å². The van der Waals surface area contributed by atoms with Crippen molar-refractivity contribution in [3.8, 4) is 5.75 Å². The third kappa shape index (κ3) is 4.08. The number of hydrogen-bond donors (Lipinski definition) is 1. The van der Waals surface area contributed by atoms with Crippen LogP contribution < -0.4 is 10.1 Å². The average Bonchev–Trinajstić information content (AvgIpc) is 2.37. The van der Waals surface area contributed by atoms with Crippen LogP contribution in [0.5, 0.6) is 5.75 Å². The summed E-state index contributed by atoms with van der Waals surface area (Å²) in [7, 11) is 0. The Hall–Kier alpha value is -1.85. The Morgan fingerprint density at radius 3 is 2.80 bits per heavy atom. The number of pyridine rings is 1. The van der Waals surface area contributed by atoms with Gasteiger partial charge in [-0.15, -0.1) is 0 Å². The lowest BCUT2D eigenvalue weighted by molar-refractivity contribution is -0.118. The molecule has 2 aromatic rings. The fourth-order valence-electron chi connectivity index (χ4n) is 1.41. The lowest BCUT2D eigenvalue weighted by atomic mass is 10.3. The van der Waals surface area contributed by atoms with E-state index in [0.29, 0.717) is 15.8 Å². The second-order valence-electron chi connectivity index (χ2n) is 3.80. The highest BCUT2D eigenvalue weighted by Crippen LogP contribution is 2.27. The molecule has 2 rings (SSSR count). The van der Waals surface area contributed by atoms with E-state index in [9.17, 15) is 9.18 Å². The normalized spacial score (nSPS) is 10.2. The van der Waals surface area contributed by atoms with Crippen molar-refractivity contribution in [2.45, 2.75) is 0 Å². The Labute approximate surface area is 124 Å².